The van der Waals surface area contributed by atoms with Gasteiger partial charge in [-0.25, -0.2) is 0 Å². The van der Waals surface area contributed by atoms with Gasteiger partial charge in [-0.1, -0.05) is 20.8 Å². The van der Waals surface area contributed by atoms with Crippen molar-refractivity contribution in [1.29, 1.82) is 0 Å². The Balaban J connectivity index is 3.96. The summed E-state index contributed by atoms with van der Waals surface area (Å²) in [4.78, 5) is 2.31. The molecule has 12 heavy (non-hydrogen) atoms. The SMILES string of the molecule is CCN(CC(C)C)C(C)C(C)O. The quantitative estimate of drug-likeness (QED) is 0.684. The van der Waals surface area contributed by atoms with Gasteiger partial charge in [0.1, 0.15) is 0 Å². The number of nitrogens with zero attached hydrogens (tertiary/aromatic N) is 1. The molecule has 0 aromatic rings. The molecule has 1 N–H and O–H groups in total. The van der Waals surface area contributed by atoms with Crippen molar-refractivity contribution < 1.29 is 5.11 Å². The molecule has 2 heteroatoms. The number of aliphatic hydroxyl groups excluding tert-OH is 1. The first kappa shape index (κ1) is 11.9. The summed E-state index contributed by atoms with van der Waals surface area (Å²) in [6.45, 7) is 12.6. The lowest BCUT2D eigenvalue weighted by Gasteiger charge is -2.31. The molecule has 0 rings (SSSR count). The summed E-state index contributed by atoms with van der Waals surface area (Å²) >= 11 is 0. The molecule has 0 saturated carbocycles. The summed E-state index contributed by atoms with van der Waals surface area (Å²) in [7, 11) is 0. The highest BCUT2D eigenvalue weighted by atomic mass is 16.3. The summed E-state index contributed by atoms with van der Waals surface area (Å²) in [5.41, 5.74) is 0. The zero-order chi connectivity index (χ0) is 9.72. The third-order valence-corrected chi connectivity index (χ3v) is 2.28. The number of aliphatic hydroxyl groups is 1. The van der Waals surface area contributed by atoms with Gasteiger partial charge < -0.3 is 5.11 Å². The Morgan fingerprint density at radius 3 is 1.92 bits per heavy atom. The van der Waals surface area contributed by atoms with Crippen LogP contribution in [0.15, 0.2) is 0 Å². The predicted molar refractivity (Wildman–Crippen MR) is 53.2 cm³/mol. The van der Waals surface area contributed by atoms with Crippen molar-refractivity contribution in [3.8, 4) is 0 Å². The maximum Gasteiger partial charge on any atom is 0.0664 e. The Hall–Kier alpha value is -0.0800. The highest BCUT2D eigenvalue weighted by Gasteiger charge is 2.17. The van der Waals surface area contributed by atoms with E-state index in [1.165, 1.54) is 0 Å². The lowest BCUT2D eigenvalue weighted by atomic mass is 10.1. The van der Waals surface area contributed by atoms with Crippen molar-refractivity contribution in [2.75, 3.05) is 13.1 Å². The first-order valence-corrected chi connectivity index (χ1v) is 4.91. The second-order valence-corrected chi connectivity index (χ2v) is 3.96. The van der Waals surface area contributed by atoms with Crippen LogP contribution in [0.1, 0.15) is 34.6 Å². The lowest BCUT2D eigenvalue weighted by molar-refractivity contribution is 0.0670. The molecule has 74 valence electrons. The van der Waals surface area contributed by atoms with E-state index in [1.54, 1.807) is 0 Å². The normalized spacial score (nSPS) is 17.0. The molecule has 2 unspecified atom stereocenters. The van der Waals surface area contributed by atoms with Gasteiger partial charge in [-0.15, -0.1) is 0 Å². The molecule has 0 aliphatic rings. The largest absolute Gasteiger partial charge is 0.392 e. The molecule has 0 bridgehead atoms. The highest BCUT2D eigenvalue weighted by Crippen LogP contribution is 2.07. The fourth-order valence-corrected chi connectivity index (χ4v) is 1.36. The molecule has 0 aliphatic carbocycles. The summed E-state index contributed by atoms with van der Waals surface area (Å²) < 4.78 is 0. The monoisotopic (exact) mass is 173 g/mol. The minimum atomic E-state index is -0.233. The van der Waals surface area contributed by atoms with Gasteiger partial charge in [-0.3, -0.25) is 4.90 Å². The van der Waals surface area contributed by atoms with Crippen molar-refractivity contribution in [1.82, 2.24) is 4.90 Å². The molecule has 0 amide bonds. The van der Waals surface area contributed by atoms with Crippen LogP contribution in [0.5, 0.6) is 0 Å². The van der Waals surface area contributed by atoms with Gasteiger partial charge in [0.05, 0.1) is 6.10 Å². The predicted octanol–water partition coefficient (Wildman–Crippen LogP) is 1.73. The zero-order valence-corrected chi connectivity index (χ0v) is 9.04. The molecular formula is C10H23NO. The van der Waals surface area contributed by atoms with Gasteiger partial charge in [-0.2, -0.15) is 0 Å². The Labute approximate surface area is 76.6 Å². The average molecular weight is 173 g/mol. The Bertz CT molecular complexity index is 112. The topological polar surface area (TPSA) is 23.5 Å². The number of likely N-dealkylation sites (N-methyl/N-ethyl adjacent to an activating group) is 1. The molecule has 0 aliphatic heterocycles. The van der Waals surface area contributed by atoms with Gasteiger partial charge in [0, 0.05) is 12.6 Å². The molecule has 0 aromatic carbocycles. The summed E-state index contributed by atoms with van der Waals surface area (Å²) in [6, 6.07) is 0.275. The van der Waals surface area contributed by atoms with E-state index in [0.717, 1.165) is 13.1 Å². The molecule has 2 atom stereocenters. The molecule has 0 aromatic heterocycles. The highest BCUT2D eigenvalue weighted by molar-refractivity contribution is 4.71. The van der Waals surface area contributed by atoms with E-state index in [0.29, 0.717) is 5.92 Å². The molecule has 2 nitrogen and oxygen atoms in total. The second kappa shape index (κ2) is 5.55. The van der Waals surface area contributed by atoms with Gasteiger partial charge in [0.15, 0.2) is 0 Å². The number of hydrogen-bond donors (Lipinski definition) is 1. The van der Waals surface area contributed by atoms with Crippen LogP contribution in [-0.2, 0) is 0 Å². The Kier molecular flexibility index (Phi) is 5.51. The lowest BCUT2D eigenvalue weighted by Crippen LogP contribution is -2.42. The maximum atomic E-state index is 9.39. The fraction of sp³-hybridized carbons (Fsp3) is 1.00. The van der Waals surface area contributed by atoms with E-state index in [4.69, 9.17) is 0 Å². The molecule has 0 saturated heterocycles. The van der Waals surface area contributed by atoms with Crippen LogP contribution >= 0.6 is 0 Å². The summed E-state index contributed by atoms with van der Waals surface area (Å²) in [5.74, 6) is 0.672. The first-order valence-electron chi connectivity index (χ1n) is 4.91. The van der Waals surface area contributed by atoms with Crippen LogP contribution in [0.2, 0.25) is 0 Å². The number of rotatable bonds is 5. The van der Waals surface area contributed by atoms with E-state index >= 15 is 0 Å². The van der Waals surface area contributed by atoms with Crippen molar-refractivity contribution in [2.24, 2.45) is 5.92 Å². The summed E-state index contributed by atoms with van der Waals surface area (Å²) in [5, 5.41) is 9.39. The van der Waals surface area contributed by atoms with Crippen LogP contribution in [0.4, 0.5) is 0 Å². The third kappa shape index (κ3) is 4.07. The van der Waals surface area contributed by atoms with Gasteiger partial charge in [-0.05, 0) is 26.3 Å². The second-order valence-electron chi connectivity index (χ2n) is 3.96. The van der Waals surface area contributed by atoms with E-state index in [9.17, 15) is 5.11 Å². The third-order valence-electron chi connectivity index (χ3n) is 2.28. The fourth-order valence-electron chi connectivity index (χ4n) is 1.36. The minimum Gasteiger partial charge on any atom is -0.392 e. The van der Waals surface area contributed by atoms with Crippen LogP contribution in [-0.4, -0.2) is 35.2 Å². The molecule has 0 radical (unpaired) electrons. The average Bonchev–Trinajstić information content (AvgIpc) is 1.98. The minimum absolute atomic E-state index is 0.233. The first-order chi connectivity index (χ1) is 5.49. The van der Waals surface area contributed by atoms with Crippen LogP contribution in [0, 0.1) is 5.92 Å². The molecule has 0 fully saturated rings. The van der Waals surface area contributed by atoms with E-state index in [1.807, 2.05) is 6.92 Å². The van der Waals surface area contributed by atoms with Gasteiger partial charge >= 0.3 is 0 Å². The smallest absolute Gasteiger partial charge is 0.0664 e. The van der Waals surface area contributed by atoms with Crippen molar-refractivity contribution in [3.63, 3.8) is 0 Å². The van der Waals surface area contributed by atoms with Crippen LogP contribution < -0.4 is 0 Å². The van der Waals surface area contributed by atoms with Crippen LogP contribution in [0.25, 0.3) is 0 Å². The molecule has 0 spiro atoms. The maximum absolute atomic E-state index is 9.39. The standard InChI is InChI=1S/C10H23NO/c1-6-11(7-8(2)3)9(4)10(5)12/h8-10,12H,6-7H2,1-5H3. The van der Waals surface area contributed by atoms with E-state index in [2.05, 4.69) is 32.6 Å². The summed E-state index contributed by atoms with van der Waals surface area (Å²) in [6.07, 6.45) is -0.233. The molecular weight excluding hydrogens is 150 g/mol. The van der Waals surface area contributed by atoms with Crippen molar-refractivity contribution in [3.05, 3.63) is 0 Å². The van der Waals surface area contributed by atoms with Crippen molar-refractivity contribution in [2.45, 2.75) is 46.8 Å². The Morgan fingerprint density at radius 2 is 1.67 bits per heavy atom. The van der Waals surface area contributed by atoms with E-state index in [-0.39, 0.29) is 12.1 Å². The van der Waals surface area contributed by atoms with Crippen LogP contribution in [0.3, 0.4) is 0 Å². The van der Waals surface area contributed by atoms with Crippen molar-refractivity contribution >= 4 is 0 Å². The molecule has 0 heterocycles. The van der Waals surface area contributed by atoms with E-state index < -0.39 is 0 Å². The zero-order valence-electron chi connectivity index (χ0n) is 9.04. The Morgan fingerprint density at radius 1 is 1.17 bits per heavy atom. The van der Waals surface area contributed by atoms with Gasteiger partial charge in [0.25, 0.3) is 0 Å². The number of hydrogen-bond acceptors (Lipinski definition) is 2. The van der Waals surface area contributed by atoms with Gasteiger partial charge in [0.2, 0.25) is 0 Å².